The first-order valence-corrected chi connectivity index (χ1v) is 27.0. The molecule has 0 aromatic carbocycles. The SMILES string of the molecule is CC/C=C\C/C=C\C/C=C\C/C=C\C/C=C\C/C=C\CCCCCCCCCCCCCCCCCCCCCCCCC(=O)OC(CO)COC(=O)CCCCCCCCCC. The molecule has 5 heteroatoms. The molecule has 364 valence electrons. The largest absolute Gasteiger partial charge is 0.462 e. The van der Waals surface area contributed by atoms with Crippen LogP contribution in [0.5, 0.6) is 0 Å². The van der Waals surface area contributed by atoms with Crippen LogP contribution in [0.2, 0.25) is 0 Å². The van der Waals surface area contributed by atoms with Crippen molar-refractivity contribution in [1.82, 2.24) is 0 Å². The number of carbonyl (C=O) groups is 2. The molecule has 0 fully saturated rings. The zero-order chi connectivity index (χ0) is 45.6. The highest BCUT2D eigenvalue weighted by molar-refractivity contribution is 5.70. The average molecular weight is 879 g/mol. The van der Waals surface area contributed by atoms with Crippen LogP contribution in [0.1, 0.15) is 264 Å². The minimum absolute atomic E-state index is 0.0623. The minimum Gasteiger partial charge on any atom is -0.462 e. The lowest BCUT2D eigenvalue weighted by atomic mass is 10.0. The summed E-state index contributed by atoms with van der Waals surface area (Å²) in [5.41, 5.74) is 0. The van der Waals surface area contributed by atoms with Gasteiger partial charge in [-0.15, -0.1) is 0 Å². The quantitative estimate of drug-likeness (QED) is 0.0374. The molecule has 0 radical (unpaired) electrons. The van der Waals surface area contributed by atoms with Crippen LogP contribution in [-0.2, 0) is 19.1 Å². The van der Waals surface area contributed by atoms with E-state index in [9.17, 15) is 14.7 Å². The molecule has 63 heavy (non-hydrogen) atoms. The maximum Gasteiger partial charge on any atom is 0.306 e. The first-order valence-electron chi connectivity index (χ1n) is 27.0. The van der Waals surface area contributed by atoms with E-state index in [1.807, 2.05) is 0 Å². The average Bonchev–Trinajstić information content (AvgIpc) is 3.29. The summed E-state index contributed by atoms with van der Waals surface area (Å²) in [5.74, 6) is -0.586. The van der Waals surface area contributed by atoms with Crippen molar-refractivity contribution >= 4 is 11.9 Å². The zero-order valence-electron chi connectivity index (χ0n) is 41.6. The molecule has 1 N–H and O–H groups in total. The standard InChI is InChI=1S/C58H102O5/c1-3-5-7-9-11-13-14-15-16-17-18-19-20-21-22-23-24-25-26-27-28-29-30-31-32-33-34-35-36-37-38-39-40-41-42-43-44-45-47-49-51-53-58(61)63-56(54-59)55-62-57(60)52-50-48-46-12-10-8-6-4-2/h5,7,11,13,15-16,18-19,21-22,24-25,56,59H,3-4,6,8-10,12,14,17,20,23,26-55H2,1-2H3/b7-5-,13-11-,16-15-,19-18-,22-21-,25-24-. The highest BCUT2D eigenvalue weighted by Gasteiger charge is 2.16. The molecule has 0 spiro atoms. The lowest BCUT2D eigenvalue weighted by Crippen LogP contribution is -2.28. The van der Waals surface area contributed by atoms with Gasteiger partial charge in [0.1, 0.15) is 6.61 Å². The van der Waals surface area contributed by atoms with Crippen molar-refractivity contribution in [3.8, 4) is 0 Å². The number of carbonyl (C=O) groups excluding carboxylic acids is 2. The second-order valence-electron chi connectivity index (χ2n) is 17.9. The van der Waals surface area contributed by atoms with Crippen LogP contribution in [0.15, 0.2) is 72.9 Å². The molecule has 1 unspecified atom stereocenters. The summed E-state index contributed by atoms with van der Waals surface area (Å²) >= 11 is 0. The lowest BCUT2D eigenvalue weighted by Gasteiger charge is -2.15. The van der Waals surface area contributed by atoms with E-state index in [4.69, 9.17) is 9.47 Å². The third-order valence-electron chi connectivity index (χ3n) is 11.8. The van der Waals surface area contributed by atoms with Crippen molar-refractivity contribution in [2.45, 2.75) is 270 Å². The van der Waals surface area contributed by atoms with E-state index in [-0.39, 0.29) is 25.2 Å². The van der Waals surface area contributed by atoms with E-state index in [1.54, 1.807) is 0 Å². The second kappa shape index (κ2) is 53.7. The predicted octanol–water partition coefficient (Wildman–Crippen LogP) is 18.0. The molecule has 0 aromatic heterocycles. The van der Waals surface area contributed by atoms with Crippen molar-refractivity contribution in [2.75, 3.05) is 13.2 Å². The molecule has 0 saturated carbocycles. The van der Waals surface area contributed by atoms with E-state index in [0.29, 0.717) is 12.8 Å². The van der Waals surface area contributed by atoms with Gasteiger partial charge in [-0.25, -0.2) is 0 Å². The highest BCUT2D eigenvalue weighted by atomic mass is 16.6. The molecule has 0 aromatic rings. The molecular formula is C58H102O5. The van der Waals surface area contributed by atoms with Gasteiger partial charge in [0.15, 0.2) is 6.10 Å². The number of aliphatic hydroxyl groups is 1. The molecule has 0 amide bonds. The van der Waals surface area contributed by atoms with Crippen LogP contribution in [-0.4, -0.2) is 36.4 Å². The smallest absolute Gasteiger partial charge is 0.306 e. The molecule has 0 aliphatic carbocycles. The van der Waals surface area contributed by atoms with E-state index < -0.39 is 6.10 Å². The Morgan fingerprint density at radius 3 is 1.03 bits per heavy atom. The number of hydrogen-bond donors (Lipinski definition) is 1. The summed E-state index contributed by atoms with van der Waals surface area (Å²) in [6.45, 7) is 4.00. The third-order valence-corrected chi connectivity index (χ3v) is 11.8. The minimum atomic E-state index is -0.766. The van der Waals surface area contributed by atoms with Gasteiger partial charge < -0.3 is 14.6 Å². The summed E-state index contributed by atoms with van der Waals surface area (Å²) in [6, 6.07) is 0. The number of hydrogen-bond acceptors (Lipinski definition) is 5. The van der Waals surface area contributed by atoms with Gasteiger partial charge in [-0.2, -0.15) is 0 Å². The number of rotatable bonds is 49. The van der Waals surface area contributed by atoms with Crippen LogP contribution in [0.4, 0.5) is 0 Å². The summed E-state index contributed by atoms with van der Waals surface area (Å²) in [5, 5.41) is 9.56. The molecule has 0 aliphatic heterocycles. The molecule has 5 nitrogen and oxygen atoms in total. The predicted molar refractivity (Wildman–Crippen MR) is 274 cm³/mol. The maximum absolute atomic E-state index is 12.2. The Bertz CT molecular complexity index is 1130. The molecule has 1 atom stereocenters. The summed E-state index contributed by atoms with van der Waals surface area (Å²) in [6.07, 6.45) is 73.4. The van der Waals surface area contributed by atoms with Gasteiger partial charge in [0.2, 0.25) is 0 Å². The van der Waals surface area contributed by atoms with Crippen LogP contribution >= 0.6 is 0 Å². The number of unbranched alkanes of at least 4 members (excludes halogenated alkanes) is 29. The van der Waals surface area contributed by atoms with E-state index >= 15 is 0 Å². The number of esters is 2. The van der Waals surface area contributed by atoms with Gasteiger partial charge in [0, 0.05) is 12.8 Å². The van der Waals surface area contributed by atoms with Crippen molar-refractivity contribution in [3.05, 3.63) is 72.9 Å². The van der Waals surface area contributed by atoms with Crippen molar-refractivity contribution in [1.29, 1.82) is 0 Å². The first-order chi connectivity index (χ1) is 31.1. The Kier molecular flexibility index (Phi) is 51.4. The van der Waals surface area contributed by atoms with Crippen molar-refractivity contribution in [3.63, 3.8) is 0 Å². The topological polar surface area (TPSA) is 72.8 Å². The van der Waals surface area contributed by atoms with Gasteiger partial charge in [0.25, 0.3) is 0 Å². The summed E-state index contributed by atoms with van der Waals surface area (Å²) in [7, 11) is 0. The normalized spacial score (nSPS) is 12.7. The second-order valence-corrected chi connectivity index (χ2v) is 17.9. The fourth-order valence-electron chi connectivity index (χ4n) is 7.74. The van der Waals surface area contributed by atoms with Crippen LogP contribution < -0.4 is 0 Å². The Hall–Kier alpha value is -2.66. The molecule has 0 heterocycles. The number of aliphatic hydroxyl groups excluding tert-OH is 1. The zero-order valence-corrected chi connectivity index (χ0v) is 41.6. The fraction of sp³-hybridized carbons (Fsp3) is 0.759. The molecule has 0 bridgehead atoms. The Balaban J connectivity index is 3.39. The van der Waals surface area contributed by atoms with Crippen molar-refractivity contribution < 1.29 is 24.2 Å². The van der Waals surface area contributed by atoms with Crippen LogP contribution in [0.25, 0.3) is 0 Å². The van der Waals surface area contributed by atoms with Crippen molar-refractivity contribution in [2.24, 2.45) is 0 Å². The number of ether oxygens (including phenoxy) is 2. The third kappa shape index (κ3) is 51.9. The van der Waals surface area contributed by atoms with Crippen LogP contribution in [0, 0.1) is 0 Å². The summed E-state index contributed by atoms with van der Waals surface area (Å²) in [4.78, 5) is 24.2. The van der Waals surface area contributed by atoms with Gasteiger partial charge >= 0.3 is 11.9 Å². The Labute approximate surface area is 391 Å². The van der Waals surface area contributed by atoms with Gasteiger partial charge in [-0.1, -0.05) is 260 Å². The van der Waals surface area contributed by atoms with Gasteiger partial charge in [-0.05, 0) is 64.2 Å². The monoisotopic (exact) mass is 879 g/mol. The fourth-order valence-corrected chi connectivity index (χ4v) is 7.74. The van der Waals surface area contributed by atoms with E-state index in [0.717, 1.165) is 77.0 Å². The van der Waals surface area contributed by atoms with Gasteiger partial charge in [-0.3, -0.25) is 9.59 Å². The molecular weight excluding hydrogens is 777 g/mol. The van der Waals surface area contributed by atoms with E-state index in [1.165, 1.54) is 161 Å². The summed E-state index contributed by atoms with van der Waals surface area (Å²) < 4.78 is 10.6. The Morgan fingerprint density at radius 2 is 0.683 bits per heavy atom. The molecule has 0 rings (SSSR count). The Morgan fingerprint density at radius 1 is 0.381 bits per heavy atom. The molecule has 0 aliphatic rings. The van der Waals surface area contributed by atoms with E-state index in [2.05, 4.69) is 86.8 Å². The van der Waals surface area contributed by atoms with Gasteiger partial charge in [0.05, 0.1) is 6.61 Å². The van der Waals surface area contributed by atoms with Crippen LogP contribution in [0.3, 0.4) is 0 Å². The number of allylic oxidation sites excluding steroid dienone is 12. The first kappa shape index (κ1) is 60.3. The molecule has 0 saturated heterocycles. The highest BCUT2D eigenvalue weighted by Crippen LogP contribution is 2.16. The lowest BCUT2D eigenvalue weighted by molar-refractivity contribution is -0.161. The maximum atomic E-state index is 12.2.